The Morgan fingerprint density at radius 3 is 2.48 bits per heavy atom. The van der Waals surface area contributed by atoms with Crippen molar-refractivity contribution >= 4 is 28.5 Å². The Labute approximate surface area is 138 Å². The molecule has 0 bridgehead atoms. The molecule has 21 heavy (non-hydrogen) atoms. The molecule has 2 rings (SSSR count). The minimum Gasteiger partial charge on any atom is -0.507 e. The number of rotatable bonds is 4. The third-order valence-electron chi connectivity index (χ3n) is 3.30. The highest BCUT2D eigenvalue weighted by Crippen LogP contribution is 2.20. The lowest BCUT2D eigenvalue weighted by atomic mass is 10.0. The van der Waals surface area contributed by atoms with E-state index in [0.717, 1.165) is 9.13 Å². The quantitative estimate of drug-likeness (QED) is 0.768. The number of benzene rings is 2. The van der Waals surface area contributed by atoms with Gasteiger partial charge in [-0.3, -0.25) is 4.79 Å². The predicted molar refractivity (Wildman–Crippen MR) is 92.5 cm³/mol. The molecule has 0 fully saturated rings. The molecule has 0 saturated carbocycles. The Hall–Kier alpha value is -1.56. The molecule has 3 nitrogen and oxygen atoms in total. The largest absolute Gasteiger partial charge is 0.507 e. The number of amides is 1. The maximum Gasteiger partial charge on any atom is 0.255 e. The number of nitrogens with one attached hydrogen (secondary N) is 1. The Morgan fingerprint density at radius 1 is 1.19 bits per heavy atom. The van der Waals surface area contributed by atoms with Crippen LogP contribution < -0.4 is 5.32 Å². The van der Waals surface area contributed by atoms with Crippen molar-refractivity contribution in [3.8, 4) is 5.75 Å². The fourth-order valence-corrected chi connectivity index (χ4v) is 2.48. The lowest BCUT2D eigenvalue weighted by Gasteiger charge is -2.09. The molecule has 2 aromatic rings. The van der Waals surface area contributed by atoms with Crippen LogP contribution in [0.5, 0.6) is 5.75 Å². The van der Waals surface area contributed by atoms with E-state index >= 15 is 0 Å². The standard InChI is InChI=1S/C17H18INO2/c1-11(2)13-5-3-12(4-6-13)10-19-17(21)15-9-14(18)7-8-16(15)20/h3-9,11,20H,10H2,1-2H3,(H,19,21). The second-order valence-corrected chi connectivity index (χ2v) is 6.49. The van der Waals surface area contributed by atoms with Gasteiger partial charge in [-0.25, -0.2) is 0 Å². The molecule has 4 heteroatoms. The van der Waals surface area contributed by atoms with E-state index in [0.29, 0.717) is 18.0 Å². The van der Waals surface area contributed by atoms with Crippen molar-refractivity contribution < 1.29 is 9.90 Å². The maximum absolute atomic E-state index is 12.1. The van der Waals surface area contributed by atoms with Gasteiger partial charge in [-0.2, -0.15) is 0 Å². The molecular weight excluding hydrogens is 377 g/mol. The average molecular weight is 395 g/mol. The predicted octanol–water partition coefficient (Wildman–Crippen LogP) is 4.05. The topological polar surface area (TPSA) is 49.3 Å². The molecule has 0 aliphatic carbocycles. The van der Waals surface area contributed by atoms with Crippen LogP contribution in [0.15, 0.2) is 42.5 Å². The van der Waals surface area contributed by atoms with E-state index in [1.807, 2.05) is 12.1 Å². The molecule has 0 aromatic heterocycles. The number of hydrogen-bond donors (Lipinski definition) is 2. The summed E-state index contributed by atoms with van der Waals surface area (Å²) in [7, 11) is 0. The van der Waals surface area contributed by atoms with Crippen LogP contribution in [0.2, 0.25) is 0 Å². The van der Waals surface area contributed by atoms with Gasteiger partial charge in [-0.15, -0.1) is 0 Å². The SMILES string of the molecule is CC(C)c1ccc(CNC(=O)c2cc(I)ccc2O)cc1. The summed E-state index contributed by atoms with van der Waals surface area (Å²) in [6, 6.07) is 13.2. The lowest BCUT2D eigenvalue weighted by molar-refractivity contribution is 0.0948. The van der Waals surface area contributed by atoms with Crippen molar-refractivity contribution in [3.05, 3.63) is 62.7 Å². The number of phenolic OH excluding ortho intramolecular Hbond substituents is 1. The molecule has 0 unspecified atom stereocenters. The number of halogens is 1. The number of hydrogen-bond acceptors (Lipinski definition) is 2. The molecule has 0 heterocycles. The van der Waals surface area contributed by atoms with Gasteiger partial charge in [0.15, 0.2) is 0 Å². The summed E-state index contributed by atoms with van der Waals surface area (Å²) >= 11 is 2.11. The Kier molecular flexibility index (Phi) is 5.22. The fraction of sp³-hybridized carbons (Fsp3) is 0.235. The van der Waals surface area contributed by atoms with Crippen LogP contribution in [0.1, 0.15) is 41.3 Å². The highest BCUT2D eigenvalue weighted by molar-refractivity contribution is 14.1. The van der Waals surface area contributed by atoms with E-state index in [1.165, 1.54) is 11.6 Å². The minimum atomic E-state index is -0.265. The average Bonchev–Trinajstić information content (AvgIpc) is 2.47. The number of carbonyl (C=O) groups is 1. The van der Waals surface area contributed by atoms with E-state index in [-0.39, 0.29) is 11.7 Å². The van der Waals surface area contributed by atoms with Crippen LogP contribution in [0.25, 0.3) is 0 Å². The van der Waals surface area contributed by atoms with E-state index in [2.05, 4.69) is 53.9 Å². The highest BCUT2D eigenvalue weighted by Gasteiger charge is 2.11. The van der Waals surface area contributed by atoms with Crippen molar-refractivity contribution in [2.24, 2.45) is 0 Å². The summed E-state index contributed by atoms with van der Waals surface area (Å²) in [5.41, 5.74) is 2.62. The van der Waals surface area contributed by atoms with Crippen molar-refractivity contribution in [1.29, 1.82) is 0 Å². The van der Waals surface area contributed by atoms with Gasteiger partial charge in [0, 0.05) is 10.1 Å². The molecule has 0 atom stereocenters. The monoisotopic (exact) mass is 395 g/mol. The van der Waals surface area contributed by atoms with E-state index in [1.54, 1.807) is 12.1 Å². The van der Waals surface area contributed by atoms with Gasteiger partial charge < -0.3 is 10.4 Å². The third kappa shape index (κ3) is 4.20. The molecule has 0 aliphatic heterocycles. The first-order chi connectivity index (χ1) is 9.97. The van der Waals surface area contributed by atoms with Crippen LogP contribution in [-0.4, -0.2) is 11.0 Å². The van der Waals surface area contributed by atoms with Crippen molar-refractivity contribution in [2.45, 2.75) is 26.3 Å². The van der Waals surface area contributed by atoms with Gasteiger partial charge >= 0.3 is 0 Å². The number of aromatic hydroxyl groups is 1. The van der Waals surface area contributed by atoms with Crippen LogP contribution in [0.3, 0.4) is 0 Å². The van der Waals surface area contributed by atoms with Gasteiger partial charge in [-0.1, -0.05) is 38.1 Å². The second kappa shape index (κ2) is 6.93. The number of carbonyl (C=O) groups excluding carboxylic acids is 1. The van der Waals surface area contributed by atoms with Gasteiger partial charge in [0.25, 0.3) is 5.91 Å². The van der Waals surface area contributed by atoms with Crippen molar-refractivity contribution in [1.82, 2.24) is 5.32 Å². The Bertz CT molecular complexity index is 636. The van der Waals surface area contributed by atoms with Crippen LogP contribution >= 0.6 is 22.6 Å². The van der Waals surface area contributed by atoms with Crippen LogP contribution in [0, 0.1) is 3.57 Å². The summed E-state index contributed by atoms with van der Waals surface area (Å²) in [5.74, 6) is 0.235. The Balaban J connectivity index is 2.02. The van der Waals surface area contributed by atoms with E-state index < -0.39 is 0 Å². The summed E-state index contributed by atoms with van der Waals surface area (Å²) in [4.78, 5) is 12.1. The molecule has 0 radical (unpaired) electrons. The van der Waals surface area contributed by atoms with E-state index in [9.17, 15) is 9.90 Å². The highest BCUT2D eigenvalue weighted by atomic mass is 127. The molecule has 110 valence electrons. The first kappa shape index (κ1) is 15.8. The smallest absolute Gasteiger partial charge is 0.255 e. The summed E-state index contributed by atoms with van der Waals surface area (Å²) in [6.07, 6.45) is 0. The maximum atomic E-state index is 12.1. The van der Waals surface area contributed by atoms with Gasteiger partial charge in [-0.05, 0) is 57.8 Å². The Morgan fingerprint density at radius 2 is 1.86 bits per heavy atom. The zero-order chi connectivity index (χ0) is 15.4. The van der Waals surface area contributed by atoms with E-state index in [4.69, 9.17) is 0 Å². The summed E-state index contributed by atoms with van der Waals surface area (Å²) < 4.78 is 0.914. The van der Waals surface area contributed by atoms with Crippen LogP contribution in [0.4, 0.5) is 0 Å². The number of phenols is 1. The second-order valence-electron chi connectivity index (χ2n) is 5.24. The lowest BCUT2D eigenvalue weighted by Crippen LogP contribution is -2.23. The molecule has 2 N–H and O–H groups in total. The normalized spacial score (nSPS) is 10.7. The van der Waals surface area contributed by atoms with Crippen molar-refractivity contribution in [3.63, 3.8) is 0 Å². The zero-order valence-electron chi connectivity index (χ0n) is 12.1. The third-order valence-corrected chi connectivity index (χ3v) is 3.97. The van der Waals surface area contributed by atoms with Crippen LogP contribution in [-0.2, 0) is 6.54 Å². The van der Waals surface area contributed by atoms with Gasteiger partial charge in [0.2, 0.25) is 0 Å². The molecule has 0 spiro atoms. The van der Waals surface area contributed by atoms with Gasteiger partial charge in [0.1, 0.15) is 5.75 Å². The minimum absolute atomic E-state index is 0.00284. The molecule has 0 saturated heterocycles. The molecule has 0 aliphatic rings. The molecule has 2 aromatic carbocycles. The molecular formula is C17H18INO2. The molecule has 1 amide bonds. The van der Waals surface area contributed by atoms with Crippen molar-refractivity contribution in [2.75, 3.05) is 0 Å². The summed E-state index contributed by atoms with van der Waals surface area (Å²) in [6.45, 7) is 4.75. The first-order valence-electron chi connectivity index (χ1n) is 6.83. The van der Waals surface area contributed by atoms with Gasteiger partial charge in [0.05, 0.1) is 5.56 Å². The first-order valence-corrected chi connectivity index (χ1v) is 7.91. The zero-order valence-corrected chi connectivity index (χ0v) is 14.2. The summed E-state index contributed by atoms with van der Waals surface area (Å²) in [5, 5.41) is 12.6. The fourth-order valence-electron chi connectivity index (χ4n) is 1.99.